The van der Waals surface area contributed by atoms with Gasteiger partial charge in [-0.25, -0.2) is 4.39 Å². The Morgan fingerprint density at radius 1 is 1.41 bits per heavy atom. The van der Waals surface area contributed by atoms with E-state index in [-0.39, 0.29) is 18.0 Å². The second-order valence-corrected chi connectivity index (χ2v) is 5.66. The molecule has 118 valence electrons. The van der Waals surface area contributed by atoms with Gasteiger partial charge in [-0.3, -0.25) is 0 Å². The van der Waals surface area contributed by atoms with Gasteiger partial charge in [0.05, 0.1) is 17.9 Å². The van der Waals surface area contributed by atoms with Gasteiger partial charge in [-0.1, -0.05) is 24.2 Å². The number of rotatable bonds is 4. The molecule has 0 saturated carbocycles. The van der Waals surface area contributed by atoms with E-state index < -0.39 is 6.10 Å². The highest BCUT2D eigenvalue weighted by Crippen LogP contribution is 2.42. The quantitative estimate of drug-likeness (QED) is 0.687. The summed E-state index contributed by atoms with van der Waals surface area (Å²) in [4.78, 5) is 4.95. The second kappa shape index (κ2) is 6.18. The Labute approximate surface area is 129 Å². The van der Waals surface area contributed by atoms with Crippen molar-refractivity contribution in [1.29, 1.82) is 0 Å². The van der Waals surface area contributed by atoms with Gasteiger partial charge < -0.3 is 14.7 Å². The Balaban J connectivity index is 2.12. The zero-order chi connectivity index (χ0) is 15.7. The predicted molar refractivity (Wildman–Crippen MR) is 82.0 cm³/mol. The molecule has 1 N–H and O–H groups in total. The first-order valence-electron chi connectivity index (χ1n) is 7.57. The Morgan fingerprint density at radius 3 is 2.77 bits per heavy atom. The van der Waals surface area contributed by atoms with Crippen LogP contribution in [0.2, 0.25) is 0 Å². The molecule has 22 heavy (non-hydrogen) atoms. The Bertz CT molecular complexity index is 609. The van der Waals surface area contributed by atoms with E-state index in [2.05, 4.69) is 5.16 Å². The lowest BCUT2D eigenvalue weighted by Crippen LogP contribution is -2.31. The first-order chi connectivity index (χ1) is 10.6. The van der Waals surface area contributed by atoms with Crippen molar-refractivity contribution in [3.05, 3.63) is 41.2 Å². The highest BCUT2D eigenvalue weighted by molar-refractivity contribution is 6.07. The van der Waals surface area contributed by atoms with Gasteiger partial charge in [0.1, 0.15) is 19.0 Å². The number of nitrogens with zero attached hydrogens (tertiary/aromatic N) is 1. The molecule has 2 bridgehead atoms. The molecule has 1 aromatic carbocycles. The van der Waals surface area contributed by atoms with Crippen molar-refractivity contribution in [3.63, 3.8) is 0 Å². The van der Waals surface area contributed by atoms with Crippen LogP contribution in [0.5, 0.6) is 0 Å². The van der Waals surface area contributed by atoms with Crippen LogP contribution in [0.3, 0.4) is 0 Å². The van der Waals surface area contributed by atoms with E-state index >= 15 is 0 Å². The molecule has 2 aliphatic rings. The monoisotopic (exact) mass is 305 g/mol. The second-order valence-electron chi connectivity index (χ2n) is 5.66. The van der Waals surface area contributed by atoms with Gasteiger partial charge in [-0.2, -0.15) is 0 Å². The minimum absolute atomic E-state index is 0.00412. The van der Waals surface area contributed by atoms with E-state index in [0.29, 0.717) is 19.3 Å². The summed E-state index contributed by atoms with van der Waals surface area (Å²) in [6.45, 7) is 1.99. The Morgan fingerprint density at radius 2 is 2.14 bits per heavy atom. The average molecular weight is 305 g/mol. The first-order valence-corrected chi connectivity index (χ1v) is 7.57. The summed E-state index contributed by atoms with van der Waals surface area (Å²) in [5, 5.41) is 14.4. The maximum Gasteiger partial charge on any atom is 0.123 e. The lowest BCUT2D eigenvalue weighted by Gasteiger charge is -2.28. The van der Waals surface area contributed by atoms with E-state index in [1.165, 1.54) is 19.2 Å². The molecule has 1 fully saturated rings. The van der Waals surface area contributed by atoms with Crippen LogP contribution >= 0.6 is 0 Å². The topological polar surface area (TPSA) is 51.0 Å². The van der Waals surface area contributed by atoms with Crippen molar-refractivity contribution in [2.75, 3.05) is 7.11 Å². The molecule has 2 aliphatic heterocycles. The molecule has 3 rings (SSSR count). The number of ether oxygens (including phenoxy) is 1. The van der Waals surface area contributed by atoms with Crippen molar-refractivity contribution in [2.45, 2.75) is 44.5 Å². The van der Waals surface area contributed by atoms with Crippen LogP contribution in [-0.4, -0.2) is 36.2 Å². The normalized spacial score (nSPS) is 28.2. The van der Waals surface area contributed by atoms with Crippen LogP contribution < -0.4 is 0 Å². The van der Waals surface area contributed by atoms with Crippen LogP contribution in [0.15, 0.2) is 35.0 Å². The number of hydrogen-bond donors (Lipinski definition) is 1. The molecule has 1 aromatic rings. The van der Waals surface area contributed by atoms with Crippen molar-refractivity contribution >= 4 is 11.3 Å². The van der Waals surface area contributed by atoms with Crippen molar-refractivity contribution < 1.29 is 19.1 Å². The molecule has 0 amide bonds. The lowest BCUT2D eigenvalue weighted by atomic mass is 9.88. The fraction of sp³-hybridized carbons (Fsp3) is 0.471. The van der Waals surface area contributed by atoms with Gasteiger partial charge in [-0.15, -0.1) is 0 Å². The first kappa shape index (κ1) is 15.2. The summed E-state index contributed by atoms with van der Waals surface area (Å²) in [5.41, 5.74) is 3.67. The summed E-state index contributed by atoms with van der Waals surface area (Å²) < 4.78 is 19.1. The number of aliphatic hydroxyl groups excluding tert-OH is 1. The van der Waals surface area contributed by atoms with E-state index in [1.807, 2.05) is 6.92 Å². The van der Waals surface area contributed by atoms with Crippen LogP contribution in [-0.2, 0) is 9.57 Å². The number of aliphatic hydroxyl groups is 1. The molecule has 2 unspecified atom stereocenters. The largest absolute Gasteiger partial charge is 0.399 e. The molecule has 4 nitrogen and oxygen atoms in total. The van der Waals surface area contributed by atoms with E-state index in [9.17, 15) is 9.50 Å². The smallest absolute Gasteiger partial charge is 0.123 e. The van der Waals surface area contributed by atoms with Gasteiger partial charge >= 0.3 is 0 Å². The summed E-state index contributed by atoms with van der Waals surface area (Å²) >= 11 is 0. The SMILES string of the molecule is CCC(=NOC)C1=C(c2ccc(F)cc2)CC2CC(O)[C@@H]1O2. The van der Waals surface area contributed by atoms with Crippen LogP contribution in [0.1, 0.15) is 31.7 Å². The fourth-order valence-corrected chi connectivity index (χ4v) is 3.32. The molecule has 0 aromatic heterocycles. The zero-order valence-electron chi connectivity index (χ0n) is 12.8. The van der Waals surface area contributed by atoms with Gasteiger partial charge in [0.2, 0.25) is 0 Å². The van der Waals surface area contributed by atoms with Crippen molar-refractivity contribution in [2.24, 2.45) is 5.16 Å². The summed E-state index contributed by atoms with van der Waals surface area (Å²) in [6, 6.07) is 6.43. The highest BCUT2D eigenvalue weighted by Gasteiger charge is 2.43. The summed E-state index contributed by atoms with van der Waals surface area (Å²) in [7, 11) is 1.51. The minimum Gasteiger partial charge on any atom is -0.399 e. The third-order valence-corrected chi connectivity index (χ3v) is 4.27. The number of fused-ring (bicyclic) bond motifs is 2. The molecule has 0 aliphatic carbocycles. The van der Waals surface area contributed by atoms with Gasteiger partial charge in [0.25, 0.3) is 0 Å². The van der Waals surface area contributed by atoms with Gasteiger partial charge in [0, 0.05) is 12.0 Å². The lowest BCUT2D eigenvalue weighted by molar-refractivity contribution is 0.0313. The number of halogens is 1. The van der Waals surface area contributed by atoms with E-state index in [1.54, 1.807) is 12.1 Å². The van der Waals surface area contributed by atoms with E-state index in [4.69, 9.17) is 9.57 Å². The molecule has 3 atom stereocenters. The maximum atomic E-state index is 13.2. The Kier molecular flexibility index (Phi) is 4.27. The van der Waals surface area contributed by atoms with Crippen molar-refractivity contribution in [1.82, 2.24) is 0 Å². The fourth-order valence-electron chi connectivity index (χ4n) is 3.32. The number of hydrogen-bond acceptors (Lipinski definition) is 4. The highest BCUT2D eigenvalue weighted by atomic mass is 19.1. The molecular weight excluding hydrogens is 285 g/mol. The molecule has 1 saturated heterocycles. The molecule has 2 heterocycles. The zero-order valence-corrected chi connectivity index (χ0v) is 12.8. The molecular formula is C17H20FNO3. The number of oxime groups is 1. The third kappa shape index (κ3) is 2.66. The average Bonchev–Trinajstić information content (AvgIpc) is 2.81. The van der Waals surface area contributed by atoms with Crippen LogP contribution in [0.25, 0.3) is 5.57 Å². The van der Waals surface area contributed by atoms with Gasteiger partial charge in [-0.05, 0) is 36.1 Å². The summed E-state index contributed by atoms with van der Waals surface area (Å²) in [6.07, 6.45) is 1.06. The van der Waals surface area contributed by atoms with Crippen LogP contribution in [0.4, 0.5) is 4.39 Å². The number of benzene rings is 1. The van der Waals surface area contributed by atoms with E-state index in [0.717, 1.165) is 22.4 Å². The molecule has 5 heteroatoms. The van der Waals surface area contributed by atoms with Gasteiger partial charge in [0.15, 0.2) is 0 Å². The maximum absolute atomic E-state index is 13.2. The van der Waals surface area contributed by atoms with Crippen molar-refractivity contribution in [3.8, 4) is 0 Å². The molecule has 0 spiro atoms. The molecule has 0 radical (unpaired) electrons. The summed E-state index contributed by atoms with van der Waals surface area (Å²) in [5.74, 6) is -0.262. The van der Waals surface area contributed by atoms with Crippen LogP contribution in [0, 0.1) is 5.82 Å². The third-order valence-electron chi connectivity index (χ3n) is 4.27. The minimum atomic E-state index is -0.536. The Hall–Kier alpha value is -1.72. The standard InChI is InChI=1S/C17H20FNO3/c1-3-14(19-21-2)16-13(10-4-6-11(18)7-5-10)8-12-9-15(20)17(16)22-12/h4-7,12,15,17,20H,3,8-9H2,1-2H3/t12?,15?,17-/m0/s1. The predicted octanol–water partition coefficient (Wildman–Crippen LogP) is 2.91.